The lowest BCUT2D eigenvalue weighted by Crippen LogP contribution is -2.24. The minimum absolute atomic E-state index is 0.0489. The van der Waals surface area contributed by atoms with Gasteiger partial charge in [-0.3, -0.25) is 18.6 Å². The van der Waals surface area contributed by atoms with E-state index in [1.807, 2.05) is 0 Å². The van der Waals surface area contributed by atoms with E-state index < -0.39 is 92.2 Å². The van der Waals surface area contributed by atoms with Crippen LogP contribution in [-0.4, -0.2) is 43.7 Å². The Morgan fingerprint density at radius 2 is 1.56 bits per heavy atom. The Kier molecular flexibility index (Phi) is 10.9. The molecule has 3 atom stereocenters. The number of nitrogens with one attached hydrogen (secondary N) is 1. The molecule has 0 bridgehead atoms. The van der Waals surface area contributed by atoms with E-state index in [4.69, 9.17) is 58.0 Å². The summed E-state index contributed by atoms with van der Waals surface area (Å²) in [4.78, 5) is 38.3. The van der Waals surface area contributed by atoms with Crippen molar-refractivity contribution in [2.75, 3.05) is 16.8 Å². The summed E-state index contributed by atoms with van der Waals surface area (Å²) in [7, 11) is -2.62. The lowest BCUT2D eigenvalue weighted by Gasteiger charge is -2.12. The van der Waals surface area contributed by atoms with Crippen LogP contribution < -0.4 is 5.32 Å². The maximum absolute atomic E-state index is 15.2. The number of amides is 1. The molecule has 16 heteroatoms. The van der Waals surface area contributed by atoms with E-state index in [9.17, 15) is 36.2 Å². The highest BCUT2D eigenvalue weighted by molar-refractivity contribution is 7.85. The van der Waals surface area contributed by atoms with Gasteiger partial charge in [0.15, 0.2) is 5.78 Å². The van der Waals surface area contributed by atoms with Crippen molar-refractivity contribution in [1.82, 2.24) is 0 Å². The van der Waals surface area contributed by atoms with Crippen molar-refractivity contribution in [2.24, 2.45) is 5.92 Å². The monoisotopic (exact) mass is 747 g/mol. The average molecular weight is 750 g/mol. The number of carbonyl (C=O) groups is 3. The standard InChI is InChI=1S/C29H19Cl5F5NO4S/c30-19-5-3-15(40-27(43)25-24(29(25,33)34)13-1-4-20(31)21(32)7-13)9-17(19)23(42)8-14-2-6-22(35)18(26(14)36)10-16(41)11-45(44)12-28(37,38)39/h1-7,9,24-25H,8,10-12H2,(H,40,43)/t24-,25+,45?/m0/s1. The maximum Gasteiger partial charge on any atom is 0.400 e. The largest absolute Gasteiger partial charge is 0.400 e. The van der Waals surface area contributed by atoms with Gasteiger partial charge in [-0.25, -0.2) is 8.78 Å². The third-order valence-electron chi connectivity index (χ3n) is 6.81. The molecule has 4 rings (SSSR count). The first-order chi connectivity index (χ1) is 20.9. The van der Waals surface area contributed by atoms with Gasteiger partial charge in [-0.2, -0.15) is 13.2 Å². The van der Waals surface area contributed by atoms with Crippen LogP contribution in [0.2, 0.25) is 15.1 Å². The van der Waals surface area contributed by atoms with Crippen molar-refractivity contribution < 1.29 is 40.5 Å². The quantitative estimate of drug-likeness (QED) is 0.122. The van der Waals surface area contributed by atoms with Crippen LogP contribution in [0, 0.1) is 17.6 Å². The molecule has 0 heterocycles. The van der Waals surface area contributed by atoms with Crippen LogP contribution in [0.15, 0.2) is 48.5 Å². The van der Waals surface area contributed by atoms with Crippen LogP contribution in [-0.2, 0) is 33.2 Å². The zero-order valence-electron chi connectivity index (χ0n) is 22.4. The third kappa shape index (κ3) is 8.55. The number of halogens is 10. The summed E-state index contributed by atoms with van der Waals surface area (Å²) in [5, 5.41) is 3.12. The van der Waals surface area contributed by atoms with E-state index in [-0.39, 0.29) is 26.9 Å². The predicted octanol–water partition coefficient (Wildman–Crippen LogP) is 8.30. The van der Waals surface area contributed by atoms with E-state index in [0.717, 1.165) is 12.1 Å². The summed E-state index contributed by atoms with van der Waals surface area (Å²) >= 11 is 31.0. The number of Topliss-reactive ketones (excluding diaryl/α,β-unsaturated/α-hetero) is 2. The number of anilines is 1. The summed E-state index contributed by atoms with van der Waals surface area (Å²) in [6.45, 7) is 0. The minimum Gasteiger partial charge on any atom is -0.326 e. The fourth-order valence-corrected chi connectivity index (χ4v) is 6.97. The molecule has 1 amide bonds. The van der Waals surface area contributed by atoms with Gasteiger partial charge in [-0.1, -0.05) is 46.9 Å². The second-order valence-corrected chi connectivity index (χ2v) is 14.3. The van der Waals surface area contributed by atoms with E-state index in [1.54, 1.807) is 18.2 Å². The van der Waals surface area contributed by atoms with Gasteiger partial charge < -0.3 is 5.32 Å². The summed E-state index contributed by atoms with van der Waals surface area (Å²) in [6, 6.07) is 10.4. The predicted molar refractivity (Wildman–Crippen MR) is 164 cm³/mol. The molecule has 0 aromatic heterocycles. The molecule has 1 aliphatic rings. The fraction of sp³-hybridized carbons (Fsp3) is 0.276. The zero-order valence-corrected chi connectivity index (χ0v) is 27.0. The first kappa shape index (κ1) is 35.6. The molecule has 3 aromatic carbocycles. The van der Waals surface area contributed by atoms with Gasteiger partial charge in [0.25, 0.3) is 0 Å². The Morgan fingerprint density at radius 3 is 2.20 bits per heavy atom. The number of rotatable bonds is 11. The Labute approximate surface area is 280 Å². The SMILES string of the molecule is O=C(Cc1c(F)ccc(CC(=O)c2cc(NC(=O)[C@H]3[C@H](c4ccc(Cl)c(Cl)c4)C3(Cl)Cl)ccc2Cl)c1F)CS(=O)CC(F)(F)F. The third-order valence-corrected chi connectivity index (χ3v) is 10.1. The van der Waals surface area contributed by atoms with Crippen LogP contribution in [0.25, 0.3) is 0 Å². The van der Waals surface area contributed by atoms with Crippen molar-refractivity contribution in [1.29, 1.82) is 0 Å². The molecular weight excluding hydrogens is 731 g/mol. The average Bonchev–Trinajstić information content (AvgIpc) is 3.51. The van der Waals surface area contributed by atoms with Gasteiger partial charge in [0.05, 0.1) is 26.7 Å². The van der Waals surface area contributed by atoms with Crippen LogP contribution in [0.1, 0.15) is 33.0 Å². The molecule has 1 aliphatic carbocycles. The second-order valence-electron chi connectivity index (χ2n) is 10.1. The number of carbonyl (C=O) groups excluding carboxylic acids is 3. The molecule has 0 saturated heterocycles. The van der Waals surface area contributed by atoms with Crippen LogP contribution in [0.5, 0.6) is 0 Å². The molecule has 0 spiro atoms. The van der Waals surface area contributed by atoms with Gasteiger partial charge in [0, 0.05) is 46.4 Å². The minimum atomic E-state index is -4.78. The van der Waals surface area contributed by atoms with Gasteiger partial charge in [0.1, 0.15) is 27.5 Å². The Balaban J connectivity index is 1.47. The number of benzene rings is 3. The lowest BCUT2D eigenvalue weighted by atomic mass is 9.98. The van der Waals surface area contributed by atoms with Crippen molar-refractivity contribution in [3.63, 3.8) is 0 Å². The Bertz CT molecular complexity index is 1720. The molecule has 0 radical (unpaired) electrons. The van der Waals surface area contributed by atoms with Gasteiger partial charge in [0.2, 0.25) is 5.91 Å². The van der Waals surface area contributed by atoms with Crippen molar-refractivity contribution in [3.8, 4) is 0 Å². The van der Waals surface area contributed by atoms with Crippen molar-refractivity contribution in [2.45, 2.75) is 29.3 Å². The number of hydrogen-bond donors (Lipinski definition) is 1. The topological polar surface area (TPSA) is 80.3 Å². The normalized spacial score (nSPS) is 17.9. The van der Waals surface area contributed by atoms with Gasteiger partial charge in [-0.15, -0.1) is 23.2 Å². The summed E-state index contributed by atoms with van der Waals surface area (Å²) < 4.78 is 76.9. The first-order valence-electron chi connectivity index (χ1n) is 12.7. The molecule has 240 valence electrons. The summed E-state index contributed by atoms with van der Waals surface area (Å²) in [6.07, 6.45) is -6.41. The van der Waals surface area contributed by atoms with E-state index in [2.05, 4.69) is 5.32 Å². The van der Waals surface area contributed by atoms with E-state index in [1.165, 1.54) is 18.2 Å². The molecule has 1 saturated carbocycles. The number of ketones is 2. The maximum atomic E-state index is 15.2. The number of hydrogen-bond acceptors (Lipinski definition) is 4. The molecule has 5 nitrogen and oxygen atoms in total. The lowest BCUT2D eigenvalue weighted by molar-refractivity contribution is -0.118. The van der Waals surface area contributed by atoms with Crippen molar-refractivity contribution >= 4 is 92.0 Å². The van der Waals surface area contributed by atoms with E-state index >= 15 is 4.39 Å². The molecular formula is C29H19Cl5F5NO4S. The summed E-state index contributed by atoms with van der Waals surface area (Å²) in [5.74, 6) is -9.14. The number of alkyl halides is 5. The zero-order chi connectivity index (χ0) is 33.4. The Hall–Kier alpha value is -2.28. The molecule has 1 unspecified atom stereocenters. The molecule has 1 N–H and O–H groups in total. The molecule has 0 aliphatic heterocycles. The molecule has 45 heavy (non-hydrogen) atoms. The summed E-state index contributed by atoms with van der Waals surface area (Å²) in [5.41, 5.74) is -0.526. The highest BCUT2D eigenvalue weighted by Crippen LogP contribution is 2.65. The van der Waals surface area contributed by atoms with Gasteiger partial charge >= 0.3 is 6.18 Å². The fourth-order valence-electron chi connectivity index (χ4n) is 4.68. The van der Waals surface area contributed by atoms with Crippen LogP contribution in [0.4, 0.5) is 27.6 Å². The smallest absolute Gasteiger partial charge is 0.326 e. The highest BCUT2D eigenvalue weighted by Gasteiger charge is 2.67. The van der Waals surface area contributed by atoms with Crippen molar-refractivity contribution in [3.05, 3.63) is 97.5 Å². The second kappa shape index (κ2) is 13.8. The highest BCUT2D eigenvalue weighted by atomic mass is 35.5. The van der Waals surface area contributed by atoms with Crippen LogP contribution >= 0.6 is 58.0 Å². The molecule has 3 aromatic rings. The Morgan fingerprint density at radius 1 is 0.889 bits per heavy atom. The first-order valence-corrected chi connectivity index (χ1v) is 16.1. The van der Waals surface area contributed by atoms with Gasteiger partial charge in [-0.05, 0) is 47.5 Å². The molecule has 1 fully saturated rings. The van der Waals surface area contributed by atoms with E-state index in [0.29, 0.717) is 10.6 Å². The van der Waals surface area contributed by atoms with Crippen LogP contribution in [0.3, 0.4) is 0 Å².